The van der Waals surface area contributed by atoms with Gasteiger partial charge in [0, 0.05) is 37.8 Å². The van der Waals surface area contributed by atoms with Crippen LogP contribution in [-0.4, -0.2) is 15.7 Å². The highest BCUT2D eigenvalue weighted by Gasteiger charge is 2.28. The van der Waals surface area contributed by atoms with Crippen LogP contribution in [0, 0.1) is 9.37 Å². The van der Waals surface area contributed by atoms with E-state index < -0.39 is 11.3 Å². The van der Waals surface area contributed by atoms with Crippen LogP contribution in [-0.2, 0) is 17.7 Å². The number of hydrogen-bond donors (Lipinski definition) is 2. The fraction of sp³-hybridized carbons (Fsp3) is 0.214. The molecule has 0 bridgehead atoms. The summed E-state index contributed by atoms with van der Waals surface area (Å²) in [6.45, 7) is 10.3. The van der Waals surface area contributed by atoms with E-state index in [2.05, 4.69) is 109 Å². The second kappa shape index (κ2) is 16.4. The van der Waals surface area contributed by atoms with Crippen molar-refractivity contribution in [2.75, 3.05) is 16.2 Å². The maximum absolute atomic E-state index is 11.9. The Labute approximate surface area is 336 Å². The first-order valence-corrected chi connectivity index (χ1v) is 21.8. The number of rotatable bonds is 8. The Bertz CT molecular complexity index is 2460. The average molecular weight is 815 g/mol. The number of hydrogen-bond acceptors (Lipinski definition) is 7. The van der Waals surface area contributed by atoms with Crippen LogP contribution in [0.15, 0.2) is 124 Å². The van der Waals surface area contributed by atoms with E-state index in [1.807, 2.05) is 29.2 Å². The molecule has 0 fully saturated rings. The van der Waals surface area contributed by atoms with Gasteiger partial charge < -0.3 is 14.1 Å². The fourth-order valence-corrected chi connectivity index (χ4v) is 11.2. The Morgan fingerprint density at radius 2 is 1.74 bits per heavy atom. The monoisotopic (exact) mass is 813 g/mol. The summed E-state index contributed by atoms with van der Waals surface area (Å²) in [5, 5.41) is 3.39. The maximum atomic E-state index is 11.9. The smallest absolute Gasteiger partial charge is 0.316 e. The molecule has 3 heterocycles. The number of para-hydroxylation sites is 1. The van der Waals surface area contributed by atoms with Crippen molar-refractivity contribution in [3.63, 3.8) is 0 Å². The van der Waals surface area contributed by atoms with Crippen molar-refractivity contribution >= 4 is 107 Å². The molecule has 5 nitrogen and oxygen atoms in total. The minimum Gasteiger partial charge on any atom is -0.385 e. The van der Waals surface area contributed by atoms with Gasteiger partial charge in [0.2, 0.25) is 0 Å². The summed E-state index contributed by atoms with van der Waals surface area (Å²) in [5.74, 6) is 0.492. The van der Waals surface area contributed by atoms with Gasteiger partial charge >= 0.3 is 11.3 Å². The number of anilines is 2. The largest absolute Gasteiger partial charge is 0.385 e. The second-order valence-corrected chi connectivity index (χ2v) is 18.8. The lowest BCUT2D eigenvalue weighted by molar-refractivity contribution is 0.356. The molecule has 2 aliphatic rings. The predicted octanol–water partition coefficient (Wildman–Crippen LogP) is 13.7. The van der Waals surface area contributed by atoms with E-state index >= 15 is 0 Å². The molecular formula is C42H40ClN3O2S5. The number of thiophene rings is 1. The summed E-state index contributed by atoms with van der Waals surface area (Å²) >= 11 is 14.5. The summed E-state index contributed by atoms with van der Waals surface area (Å²) in [5.41, 5.74) is 7.53. The summed E-state index contributed by atoms with van der Waals surface area (Å²) in [6.07, 6.45) is 10.7. The van der Waals surface area contributed by atoms with Crippen LogP contribution in [0.4, 0.5) is 11.4 Å². The number of aryl methyl sites for hydroxylation is 1. The second-order valence-electron chi connectivity index (χ2n) is 13.6. The Morgan fingerprint density at radius 3 is 2.53 bits per heavy atom. The van der Waals surface area contributed by atoms with Crippen LogP contribution >= 0.6 is 58.3 Å². The maximum Gasteiger partial charge on any atom is 0.316 e. The zero-order valence-corrected chi connectivity index (χ0v) is 34.7. The molecule has 0 amide bonds. The van der Waals surface area contributed by atoms with Gasteiger partial charge in [0.1, 0.15) is 5.75 Å². The Balaban J connectivity index is 0.000000179. The van der Waals surface area contributed by atoms with Crippen molar-refractivity contribution in [1.82, 2.24) is 4.98 Å². The van der Waals surface area contributed by atoms with Gasteiger partial charge in [0.15, 0.2) is 3.95 Å². The minimum atomic E-state index is -1.69. The number of benzene rings is 4. The van der Waals surface area contributed by atoms with E-state index in [4.69, 9.17) is 28.0 Å². The van der Waals surface area contributed by atoms with Crippen molar-refractivity contribution in [2.24, 2.45) is 5.41 Å². The number of allylic oxidation sites excluding steroid dienone is 4. The van der Waals surface area contributed by atoms with Gasteiger partial charge in [-0.25, -0.2) is 0 Å². The fourth-order valence-electron chi connectivity index (χ4n) is 6.81. The van der Waals surface area contributed by atoms with E-state index in [1.165, 1.54) is 58.6 Å². The third-order valence-electron chi connectivity index (χ3n) is 9.01. The number of aromatic amines is 1. The van der Waals surface area contributed by atoms with E-state index in [0.29, 0.717) is 20.4 Å². The van der Waals surface area contributed by atoms with Crippen LogP contribution in [0.1, 0.15) is 51.0 Å². The average Bonchev–Trinajstić information content (AvgIpc) is 3.79. The lowest BCUT2D eigenvalue weighted by Gasteiger charge is -2.31. The van der Waals surface area contributed by atoms with Crippen LogP contribution in [0.3, 0.4) is 0 Å². The van der Waals surface area contributed by atoms with Crippen molar-refractivity contribution in [3.05, 3.63) is 139 Å². The Kier molecular flexibility index (Phi) is 11.6. The van der Waals surface area contributed by atoms with Gasteiger partial charge in [0.05, 0.1) is 20.9 Å². The van der Waals surface area contributed by atoms with E-state index in [0.717, 1.165) is 36.0 Å². The third kappa shape index (κ3) is 9.02. The lowest BCUT2D eigenvalue weighted by atomic mass is 9.75. The molecule has 0 spiro atoms. The molecule has 8 rings (SSSR count). The van der Waals surface area contributed by atoms with Crippen LogP contribution in [0.25, 0.3) is 26.4 Å². The van der Waals surface area contributed by atoms with E-state index in [1.54, 1.807) is 36.4 Å². The molecule has 2 N–H and O–H groups in total. The van der Waals surface area contributed by atoms with Gasteiger partial charge in [-0.15, -0.1) is 22.7 Å². The molecule has 53 heavy (non-hydrogen) atoms. The zero-order valence-electron chi connectivity index (χ0n) is 29.9. The van der Waals surface area contributed by atoms with Gasteiger partial charge in [-0.3, -0.25) is 4.72 Å². The van der Waals surface area contributed by atoms with Gasteiger partial charge in [-0.2, -0.15) is 4.21 Å². The summed E-state index contributed by atoms with van der Waals surface area (Å²) < 4.78 is 23.1. The SMILES string of the molecule is CCc1c(C=C2C=C(C=C3Sc4ccccc4N3CC)CC(C)(C)C2)sc2ccccc12.O=S(Nc1ccc(Cl)cc1)Oc1ccc2sc(=S)[nH]c2c1. The normalized spacial score (nSPS) is 17.1. The van der Waals surface area contributed by atoms with Crippen molar-refractivity contribution < 1.29 is 8.39 Å². The molecule has 1 atom stereocenters. The summed E-state index contributed by atoms with van der Waals surface area (Å²) in [4.78, 5) is 8.30. The third-order valence-corrected chi connectivity index (χ3v) is 13.5. The van der Waals surface area contributed by atoms with Crippen molar-refractivity contribution in [1.29, 1.82) is 0 Å². The molecule has 1 unspecified atom stereocenters. The number of nitrogens with zero attached hydrogens (tertiary/aromatic N) is 1. The van der Waals surface area contributed by atoms with Gasteiger partial charge in [-0.05, 0) is 133 Å². The van der Waals surface area contributed by atoms with Gasteiger partial charge in [-0.1, -0.05) is 80.5 Å². The molecule has 6 aromatic rings. The number of thiazole rings is 1. The highest BCUT2D eigenvalue weighted by Crippen LogP contribution is 2.48. The first-order chi connectivity index (χ1) is 25.6. The topological polar surface area (TPSA) is 57.4 Å². The van der Waals surface area contributed by atoms with Crippen molar-refractivity contribution in [3.8, 4) is 5.75 Å². The quantitative estimate of drug-likeness (QED) is 0.150. The predicted molar refractivity (Wildman–Crippen MR) is 235 cm³/mol. The van der Waals surface area contributed by atoms with E-state index in [-0.39, 0.29) is 5.41 Å². The summed E-state index contributed by atoms with van der Waals surface area (Å²) in [6, 6.07) is 29.9. The molecule has 0 saturated heterocycles. The highest BCUT2D eigenvalue weighted by molar-refractivity contribution is 8.03. The lowest BCUT2D eigenvalue weighted by Crippen LogP contribution is -2.19. The Hall–Kier alpha value is -3.64. The molecule has 4 aromatic carbocycles. The molecule has 2 aromatic heterocycles. The minimum absolute atomic E-state index is 0.267. The van der Waals surface area contributed by atoms with Gasteiger partial charge in [0.25, 0.3) is 0 Å². The van der Waals surface area contributed by atoms with Crippen LogP contribution in [0.5, 0.6) is 5.75 Å². The zero-order chi connectivity index (χ0) is 37.1. The number of halogens is 1. The van der Waals surface area contributed by atoms with E-state index in [9.17, 15) is 4.21 Å². The first-order valence-electron chi connectivity index (χ1n) is 17.5. The number of fused-ring (bicyclic) bond motifs is 3. The first kappa shape index (κ1) is 37.7. The molecule has 11 heteroatoms. The number of aromatic nitrogens is 1. The standard InChI is InChI=1S/C29H31NS2.C13H9ClN2O2S3/c1-5-22-23-11-7-9-13-25(23)31-27(22)16-20-15-21(19-29(3,4)18-20)17-28-30(6-2)24-12-8-10-14-26(24)32-28;14-8-1-3-9(4-2-8)16-21(17)18-10-5-6-12-11(7-10)15-13(19)20-12/h7-17H,5-6,18-19H2,1-4H3;1-7,16H,(H,15,19). The molecule has 272 valence electrons. The summed E-state index contributed by atoms with van der Waals surface area (Å²) in [7, 11) is 0. The van der Waals surface area contributed by atoms with Crippen LogP contribution < -0.4 is 13.8 Å². The molecule has 1 aliphatic heterocycles. The highest BCUT2D eigenvalue weighted by atomic mass is 35.5. The van der Waals surface area contributed by atoms with Crippen molar-refractivity contribution in [2.45, 2.75) is 51.9 Å². The molecule has 0 radical (unpaired) electrons. The molecule has 1 aliphatic carbocycles. The molecule has 0 saturated carbocycles. The van der Waals surface area contributed by atoms with Crippen LogP contribution in [0.2, 0.25) is 5.02 Å². The number of H-pyrrole nitrogens is 1. The molecular weight excluding hydrogens is 774 g/mol. The number of nitrogens with one attached hydrogen (secondary N) is 2. The Morgan fingerprint density at radius 1 is 0.962 bits per heavy atom. The number of thioether (sulfide) groups is 1.